The molecule has 1 aromatic heterocycles. The maximum Gasteiger partial charge on any atom is 0.265 e. The number of aromatic nitrogens is 1. The lowest BCUT2D eigenvalue weighted by Crippen LogP contribution is -2.57. The molecule has 1 atom stereocenters. The van der Waals surface area contributed by atoms with Gasteiger partial charge >= 0.3 is 0 Å². The summed E-state index contributed by atoms with van der Waals surface area (Å²) in [4.78, 5) is 51.2. The molecule has 0 saturated carbocycles. The number of benzene rings is 5. The number of carbonyl (C=O) groups is 3. The molecule has 2 aliphatic heterocycles. The summed E-state index contributed by atoms with van der Waals surface area (Å²) in [6, 6.07) is 38.4. The van der Waals surface area contributed by atoms with Gasteiger partial charge in [0, 0.05) is 62.1 Å². The molecule has 5 aromatic carbocycles. The van der Waals surface area contributed by atoms with E-state index in [1.807, 2.05) is 100 Å². The number of rotatable bonds is 6. The van der Waals surface area contributed by atoms with Gasteiger partial charge in [0.15, 0.2) is 0 Å². The first-order valence-corrected chi connectivity index (χ1v) is 17.6. The number of nitrogens with zero attached hydrogens (tertiary/aromatic N) is 5. The normalized spacial score (nSPS) is 16.1. The van der Waals surface area contributed by atoms with E-state index in [9.17, 15) is 19.5 Å². The van der Waals surface area contributed by atoms with Crippen molar-refractivity contribution in [3.63, 3.8) is 0 Å². The number of carbonyl (C=O) groups excluding carboxylic acids is 3. The first kappa shape index (κ1) is 33.0. The number of hydrogen-bond donors (Lipinski definition) is 1. The molecule has 0 unspecified atom stereocenters. The summed E-state index contributed by atoms with van der Waals surface area (Å²) >= 11 is 0. The predicted molar refractivity (Wildman–Crippen MR) is 202 cm³/mol. The van der Waals surface area contributed by atoms with Crippen LogP contribution in [-0.2, 0) is 17.8 Å². The van der Waals surface area contributed by atoms with Crippen LogP contribution in [0.15, 0.2) is 134 Å². The molecule has 8 rings (SSSR count). The maximum absolute atomic E-state index is 14.9. The fourth-order valence-electron chi connectivity index (χ4n) is 7.45. The Morgan fingerprint density at radius 1 is 0.673 bits per heavy atom. The van der Waals surface area contributed by atoms with E-state index >= 15 is 0 Å². The average Bonchev–Trinajstić information content (AvgIpc) is 3.58. The Labute approximate surface area is 302 Å². The van der Waals surface area contributed by atoms with E-state index in [0.29, 0.717) is 54.2 Å². The van der Waals surface area contributed by atoms with E-state index in [1.165, 1.54) is 0 Å². The predicted octanol–water partition coefficient (Wildman–Crippen LogP) is 6.66. The lowest BCUT2D eigenvalue weighted by atomic mass is 9.92. The van der Waals surface area contributed by atoms with Crippen LogP contribution in [0.5, 0.6) is 5.75 Å². The highest BCUT2D eigenvalue weighted by molar-refractivity contribution is 6.17. The van der Waals surface area contributed by atoms with Gasteiger partial charge in [-0.25, -0.2) is 0 Å². The van der Waals surface area contributed by atoms with Crippen LogP contribution < -0.4 is 4.90 Å². The third-order valence-electron chi connectivity index (χ3n) is 10.3. The van der Waals surface area contributed by atoms with Crippen molar-refractivity contribution >= 4 is 40.0 Å². The molecule has 9 heteroatoms. The first-order chi connectivity index (χ1) is 25.4. The van der Waals surface area contributed by atoms with Gasteiger partial charge in [-0.05, 0) is 72.8 Å². The van der Waals surface area contributed by atoms with Crippen LogP contribution in [0.4, 0.5) is 11.4 Å². The first-order valence-electron chi connectivity index (χ1n) is 17.6. The minimum Gasteiger partial charge on any atom is -0.508 e. The molecule has 0 spiro atoms. The Morgan fingerprint density at radius 3 is 2.08 bits per heavy atom. The largest absolute Gasteiger partial charge is 0.508 e. The third kappa shape index (κ3) is 6.09. The molecule has 3 heterocycles. The molecule has 260 valence electrons. The maximum atomic E-state index is 14.9. The summed E-state index contributed by atoms with van der Waals surface area (Å²) in [6.07, 6.45) is 2.25. The summed E-state index contributed by atoms with van der Waals surface area (Å²) in [5.41, 5.74) is 5.66. The van der Waals surface area contributed by atoms with Gasteiger partial charge in [0.25, 0.3) is 11.8 Å². The Morgan fingerprint density at radius 2 is 1.31 bits per heavy atom. The van der Waals surface area contributed by atoms with E-state index in [0.717, 1.165) is 35.1 Å². The second-order valence-electron chi connectivity index (χ2n) is 13.5. The lowest BCUT2D eigenvalue weighted by Gasteiger charge is -2.41. The van der Waals surface area contributed by atoms with Crippen molar-refractivity contribution in [2.24, 2.45) is 0 Å². The molecular weight excluding hydrogens is 651 g/mol. The van der Waals surface area contributed by atoms with E-state index in [2.05, 4.69) is 18.0 Å². The number of anilines is 2. The highest BCUT2D eigenvalue weighted by atomic mass is 16.3. The molecule has 1 fully saturated rings. The Balaban J connectivity index is 1.21. The molecule has 9 nitrogen and oxygen atoms in total. The summed E-state index contributed by atoms with van der Waals surface area (Å²) in [5, 5.41) is 10.7. The highest BCUT2D eigenvalue weighted by Gasteiger charge is 2.38. The number of piperazine rings is 1. The van der Waals surface area contributed by atoms with Crippen molar-refractivity contribution in [2.75, 3.05) is 38.1 Å². The van der Waals surface area contributed by atoms with E-state index in [-0.39, 0.29) is 23.5 Å². The average molecular weight is 690 g/mol. The molecule has 6 aromatic rings. The number of likely N-dealkylation sites (N-methyl/N-ethyl adjacent to an activating group) is 1. The molecule has 52 heavy (non-hydrogen) atoms. The number of para-hydroxylation sites is 3. The lowest BCUT2D eigenvalue weighted by molar-refractivity contribution is -0.138. The van der Waals surface area contributed by atoms with Gasteiger partial charge in [-0.15, -0.1) is 0 Å². The van der Waals surface area contributed by atoms with Crippen molar-refractivity contribution in [3.8, 4) is 11.4 Å². The minimum atomic E-state index is -0.637. The molecule has 0 radical (unpaired) electrons. The van der Waals surface area contributed by atoms with Gasteiger partial charge in [0.2, 0.25) is 5.91 Å². The fraction of sp³-hybridized carbons (Fsp3) is 0.186. The molecule has 0 aliphatic carbocycles. The van der Waals surface area contributed by atoms with Crippen LogP contribution in [0.2, 0.25) is 0 Å². The van der Waals surface area contributed by atoms with E-state index in [1.54, 1.807) is 46.3 Å². The summed E-state index contributed by atoms with van der Waals surface area (Å²) in [7, 11) is 2.06. The van der Waals surface area contributed by atoms with Crippen molar-refractivity contribution < 1.29 is 19.5 Å². The van der Waals surface area contributed by atoms with Crippen LogP contribution in [0.1, 0.15) is 31.8 Å². The zero-order valence-corrected chi connectivity index (χ0v) is 28.9. The number of phenols is 1. The third-order valence-corrected chi connectivity index (χ3v) is 10.3. The summed E-state index contributed by atoms with van der Waals surface area (Å²) in [5.74, 6) is -0.422. The minimum absolute atomic E-state index is 0.0250. The Hall–Kier alpha value is -6.19. The Kier molecular flexibility index (Phi) is 8.78. The molecule has 2 aliphatic rings. The number of hydrogen-bond acceptors (Lipinski definition) is 5. The molecular formula is C43H39N5O4. The van der Waals surface area contributed by atoms with Crippen LogP contribution in [-0.4, -0.2) is 81.4 Å². The SMILES string of the molecule is CN1CCN(C(=O)[C@@H]2Cc3ccccc3CN2C(=O)c2ccccc2-n2cc(C(=O)N(c3ccccc3)c3ccc(O)cc3)c3ccccc32)CC1. The van der Waals surface area contributed by atoms with Gasteiger partial charge in [0.05, 0.1) is 22.3 Å². The molecule has 3 amide bonds. The van der Waals surface area contributed by atoms with Crippen molar-refractivity contribution in [1.29, 1.82) is 0 Å². The molecule has 0 bridgehead atoms. The second kappa shape index (κ2) is 13.8. The van der Waals surface area contributed by atoms with Crippen LogP contribution >= 0.6 is 0 Å². The zero-order chi connectivity index (χ0) is 35.8. The van der Waals surface area contributed by atoms with Crippen LogP contribution in [0, 0.1) is 0 Å². The van der Waals surface area contributed by atoms with Gasteiger partial charge in [-0.3, -0.25) is 19.3 Å². The Bertz CT molecular complexity index is 2270. The topological polar surface area (TPSA) is 89.3 Å². The second-order valence-corrected chi connectivity index (χ2v) is 13.5. The highest BCUT2D eigenvalue weighted by Crippen LogP contribution is 2.34. The van der Waals surface area contributed by atoms with Crippen molar-refractivity contribution in [3.05, 3.63) is 156 Å². The number of amides is 3. The standard InChI is InChI=1S/C43H39N5O4/c1-44-23-25-45(26-24-44)43(52)40-27-30-11-5-6-12-31(30)28-47(40)41(50)36-16-8-10-18-39(36)46-29-37(35-15-7-9-17-38(35)46)42(51)48(32-13-3-2-4-14-32)33-19-21-34(49)22-20-33/h2-22,29,40,49H,23-28H2,1H3/t40-/m0/s1. The zero-order valence-electron chi connectivity index (χ0n) is 28.9. The van der Waals surface area contributed by atoms with Gasteiger partial charge in [-0.1, -0.05) is 72.8 Å². The fourth-order valence-corrected chi connectivity index (χ4v) is 7.45. The monoisotopic (exact) mass is 689 g/mol. The van der Waals surface area contributed by atoms with E-state index < -0.39 is 6.04 Å². The van der Waals surface area contributed by atoms with Gasteiger partial charge in [0.1, 0.15) is 11.8 Å². The molecule has 1 saturated heterocycles. The number of aromatic hydroxyl groups is 1. The quantitative estimate of drug-likeness (QED) is 0.212. The summed E-state index contributed by atoms with van der Waals surface area (Å²) in [6.45, 7) is 3.16. The van der Waals surface area contributed by atoms with E-state index in [4.69, 9.17) is 0 Å². The number of fused-ring (bicyclic) bond motifs is 2. The van der Waals surface area contributed by atoms with Crippen molar-refractivity contribution in [2.45, 2.75) is 19.0 Å². The van der Waals surface area contributed by atoms with Crippen LogP contribution in [0.3, 0.4) is 0 Å². The van der Waals surface area contributed by atoms with Crippen molar-refractivity contribution in [1.82, 2.24) is 19.3 Å². The van der Waals surface area contributed by atoms with Crippen LogP contribution in [0.25, 0.3) is 16.6 Å². The smallest absolute Gasteiger partial charge is 0.265 e. The van der Waals surface area contributed by atoms with Gasteiger partial charge in [-0.2, -0.15) is 0 Å². The summed E-state index contributed by atoms with van der Waals surface area (Å²) < 4.78 is 1.91. The number of phenolic OH excluding ortho intramolecular Hbond substituents is 1. The molecule has 1 N–H and O–H groups in total. The van der Waals surface area contributed by atoms with Gasteiger partial charge < -0.3 is 24.4 Å².